The van der Waals surface area contributed by atoms with E-state index in [9.17, 15) is 4.39 Å². The molecule has 0 radical (unpaired) electrons. The van der Waals surface area contributed by atoms with Crippen LogP contribution in [-0.2, 0) is 7.05 Å². The van der Waals surface area contributed by atoms with Gasteiger partial charge in [-0.2, -0.15) is 0 Å². The number of fused-ring (bicyclic) bond motifs is 1. The van der Waals surface area contributed by atoms with Gasteiger partial charge in [0.25, 0.3) is 5.88 Å². The van der Waals surface area contributed by atoms with Crippen LogP contribution in [0.2, 0.25) is 0 Å². The molecule has 1 fully saturated rings. The Bertz CT molecular complexity index is 880. The highest BCUT2D eigenvalue weighted by molar-refractivity contribution is 7.18. The van der Waals surface area contributed by atoms with E-state index < -0.39 is 0 Å². The van der Waals surface area contributed by atoms with Crippen LogP contribution in [0.5, 0.6) is 5.88 Å². The second kappa shape index (κ2) is 6.18. The Morgan fingerprint density at radius 3 is 2.83 bits per heavy atom. The molecule has 1 saturated heterocycles. The average Bonchev–Trinajstić information content (AvgIpc) is 3.11. The Morgan fingerprint density at radius 2 is 2.08 bits per heavy atom. The SMILES string of the molecule is Cc1ccc(-c2csc3c(OC4CCNCC4)nn(C)c23)c(F)c1. The van der Waals surface area contributed by atoms with E-state index in [1.165, 1.54) is 0 Å². The van der Waals surface area contributed by atoms with E-state index >= 15 is 0 Å². The van der Waals surface area contributed by atoms with Crippen molar-refractivity contribution >= 4 is 21.6 Å². The van der Waals surface area contributed by atoms with Gasteiger partial charge in [0.05, 0.1) is 5.52 Å². The summed E-state index contributed by atoms with van der Waals surface area (Å²) >= 11 is 1.57. The van der Waals surface area contributed by atoms with Crippen molar-refractivity contribution in [3.05, 3.63) is 35.0 Å². The van der Waals surface area contributed by atoms with Crippen LogP contribution in [0.3, 0.4) is 0 Å². The second-order valence-corrected chi connectivity index (χ2v) is 7.19. The fraction of sp³-hybridized carbons (Fsp3) is 0.389. The van der Waals surface area contributed by atoms with Gasteiger partial charge >= 0.3 is 0 Å². The first-order valence-electron chi connectivity index (χ1n) is 8.21. The molecule has 1 aromatic carbocycles. The van der Waals surface area contributed by atoms with Gasteiger partial charge in [-0.15, -0.1) is 16.4 Å². The summed E-state index contributed by atoms with van der Waals surface area (Å²) in [6.45, 7) is 3.85. The molecule has 1 aliphatic heterocycles. The molecule has 126 valence electrons. The Hall–Kier alpha value is -1.92. The summed E-state index contributed by atoms with van der Waals surface area (Å²) in [5.74, 6) is 0.472. The smallest absolute Gasteiger partial charge is 0.251 e. The minimum absolute atomic E-state index is 0.197. The summed E-state index contributed by atoms with van der Waals surface area (Å²) < 4.78 is 23.3. The minimum atomic E-state index is -0.197. The van der Waals surface area contributed by atoms with Crippen molar-refractivity contribution < 1.29 is 9.13 Å². The van der Waals surface area contributed by atoms with Crippen LogP contribution in [0.25, 0.3) is 21.3 Å². The molecule has 24 heavy (non-hydrogen) atoms. The molecule has 0 aliphatic carbocycles. The zero-order chi connectivity index (χ0) is 16.7. The van der Waals surface area contributed by atoms with Crippen molar-refractivity contribution in [3.8, 4) is 17.0 Å². The summed E-state index contributed by atoms with van der Waals surface area (Å²) in [6.07, 6.45) is 2.18. The number of rotatable bonds is 3. The highest BCUT2D eigenvalue weighted by atomic mass is 32.1. The molecule has 0 atom stereocenters. The molecule has 1 N–H and O–H groups in total. The van der Waals surface area contributed by atoms with Crippen LogP contribution in [0.4, 0.5) is 4.39 Å². The number of halogens is 1. The third-order valence-corrected chi connectivity index (χ3v) is 5.46. The summed E-state index contributed by atoms with van der Waals surface area (Å²) in [6, 6.07) is 5.35. The fourth-order valence-corrected chi connectivity index (χ4v) is 4.25. The molecule has 3 heterocycles. The van der Waals surface area contributed by atoms with Gasteiger partial charge in [0, 0.05) is 23.6 Å². The molecule has 0 spiro atoms. The van der Waals surface area contributed by atoms with Gasteiger partial charge in [0.15, 0.2) is 0 Å². The van der Waals surface area contributed by atoms with E-state index in [-0.39, 0.29) is 11.9 Å². The third-order valence-electron chi connectivity index (χ3n) is 4.50. The number of hydrogen-bond donors (Lipinski definition) is 1. The van der Waals surface area contributed by atoms with Crippen LogP contribution in [0, 0.1) is 12.7 Å². The highest BCUT2D eigenvalue weighted by Crippen LogP contribution is 2.40. The van der Waals surface area contributed by atoms with E-state index in [1.54, 1.807) is 22.1 Å². The van der Waals surface area contributed by atoms with Gasteiger partial charge < -0.3 is 10.1 Å². The van der Waals surface area contributed by atoms with Crippen LogP contribution in [0.15, 0.2) is 23.6 Å². The third kappa shape index (κ3) is 2.70. The van der Waals surface area contributed by atoms with Crippen molar-refractivity contribution in [1.82, 2.24) is 15.1 Å². The number of nitrogens with zero attached hydrogens (tertiary/aromatic N) is 2. The van der Waals surface area contributed by atoms with Crippen LogP contribution in [0.1, 0.15) is 18.4 Å². The average molecular weight is 345 g/mol. The normalized spacial score (nSPS) is 16.0. The summed E-state index contributed by atoms with van der Waals surface area (Å²) in [5.41, 5.74) is 3.35. The molecule has 2 aromatic heterocycles. The fourth-order valence-electron chi connectivity index (χ4n) is 3.23. The maximum Gasteiger partial charge on any atom is 0.251 e. The zero-order valence-electron chi connectivity index (χ0n) is 13.8. The van der Waals surface area contributed by atoms with E-state index in [0.29, 0.717) is 11.4 Å². The number of aromatic nitrogens is 2. The van der Waals surface area contributed by atoms with Gasteiger partial charge in [0.1, 0.15) is 16.6 Å². The predicted octanol–water partition coefficient (Wildman–Crippen LogP) is 3.88. The van der Waals surface area contributed by atoms with Crippen LogP contribution in [-0.4, -0.2) is 29.0 Å². The molecule has 0 amide bonds. The minimum Gasteiger partial charge on any atom is -0.472 e. The van der Waals surface area contributed by atoms with E-state index in [0.717, 1.165) is 47.3 Å². The first-order valence-corrected chi connectivity index (χ1v) is 9.09. The molecule has 0 unspecified atom stereocenters. The van der Waals surface area contributed by atoms with Gasteiger partial charge in [-0.1, -0.05) is 12.1 Å². The van der Waals surface area contributed by atoms with E-state index in [2.05, 4.69) is 10.4 Å². The van der Waals surface area contributed by atoms with Crippen molar-refractivity contribution in [2.45, 2.75) is 25.9 Å². The molecule has 1 aliphatic rings. The van der Waals surface area contributed by atoms with Crippen molar-refractivity contribution in [2.75, 3.05) is 13.1 Å². The van der Waals surface area contributed by atoms with Crippen LogP contribution >= 0.6 is 11.3 Å². The number of ether oxygens (including phenoxy) is 1. The molecule has 4 rings (SSSR count). The Kier molecular flexibility index (Phi) is 4.02. The van der Waals surface area contributed by atoms with Crippen molar-refractivity contribution in [1.29, 1.82) is 0 Å². The van der Waals surface area contributed by atoms with E-state index in [4.69, 9.17) is 4.74 Å². The number of piperidine rings is 1. The molecule has 4 nitrogen and oxygen atoms in total. The Labute approximate surface area is 144 Å². The van der Waals surface area contributed by atoms with Crippen molar-refractivity contribution in [3.63, 3.8) is 0 Å². The number of nitrogens with one attached hydrogen (secondary N) is 1. The quantitative estimate of drug-likeness (QED) is 0.783. The lowest BCUT2D eigenvalue weighted by Gasteiger charge is -2.22. The van der Waals surface area contributed by atoms with Crippen LogP contribution < -0.4 is 10.1 Å². The maximum atomic E-state index is 14.4. The molecule has 3 aromatic rings. The van der Waals surface area contributed by atoms with Gasteiger partial charge in [-0.3, -0.25) is 4.68 Å². The van der Waals surface area contributed by atoms with Gasteiger partial charge in [-0.25, -0.2) is 4.39 Å². The number of hydrogen-bond acceptors (Lipinski definition) is 4. The van der Waals surface area contributed by atoms with E-state index in [1.807, 2.05) is 31.5 Å². The number of thiophene rings is 1. The molecule has 6 heteroatoms. The largest absolute Gasteiger partial charge is 0.472 e. The lowest BCUT2D eigenvalue weighted by Crippen LogP contribution is -2.34. The summed E-state index contributed by atoms with van der Waals surface area (Å²) in [7, 11) is 1.89. The van der Waals surface area contributed by atoms with Crippen molar-refractivity contribution in [2.24, 2.45) is 7.05 Å². The Balaban J connectivity index is 1.74. The molecular weight excluding hydrogens is 325 g/mol. The van der Waals surface area contributed by atoms with Gasteiger partial charge in [-0.05, 0) is 44.5 Å². The molecular formula is C18H20FN3OS. The second-order valence-electron chi connectivity index (χ2n) is 6.31. The first-order chi connectivity index (χ1) is 11.6. The first kappa shape index (κ1) is 15.6. The standard InChI is InChI=1S/C18H20FN3OS/c1-11-3-4-13(15(19)9-11)14-10-24-17-16(14)22(2)21-18(17)23-12-5-7-20-8-6-12/h3-4,9-10,12,20H,5-8H2,1-2H3. The maximum absolute atomic E-state index is 14.4. The lowest BCUT2D eigenvalue weighted by atomic mass is 10.1. The highest BCUT2D eigenvalue weighted by Gasteiger charge is 2.22. The number of benzene rings is 1. The summed E-state index contributed by atoms with van der Waals surface area (Å²) in [5, 5.41) is 9.87. The summed E-state index contributed by atoms with van der Waals surface area (Å²) in [4.78, 5) is 0. The molecule has 0 bridgehead atoms. The zero-order valence-corrected chi connectivity index (χ0v) is 14.6. The number of aryl methyl sites for hydroxylation is 2. The van der Waals surface area contributed by atoms with Gasteiger partial charge in [0.2, 0.25) is 0 Å². The topological polar surface area (TPSA) is 39.1 Å². The lowest BCUT2D eigenvalue weighted by molar-refractivity contribution is 0.157. The Morgan fingerprint density at radius 1 is 1.29 bits per heavy atom. The molecule has 0 saturated carbocycles. The monoisotopic (exact) mass is 345 g/mol. The predicted molar refractivity (Wildman–Crippen MR) is 95.2 cm³/mol.